The standard InChI is InChI=1S/C19H21NO4/c1-14(15-6-4-3-5-7-15)12-18(21)20(2)16-8-10-17(11-9-16)24-13-19(22)23/h3-11,14H,12-13H2,1-2H3,(H,22,23). The summed E-state index contributed by atoms with van der Waals surface area (Å²) in [6.45, 7) is 1.65. The number of ether oxygens (including phenoxy) is 1. The summed E-state index contributed by atoms with van der Waals surface area (Å²) in [5, 5.41) is 8.59. The maximum absolute atomic E-state index is 12.4. The molecule has 0 aromatic heterocycles. The first-order valence-corrected chi connectivity index (χ1v) is 7.73. The molecule has 1 N–H and O–H groups in total. The van der Waals surface area contributed by atoms with Crippen molar-refractivity contribution in [3.05, 3.63) is 60.2 Å². The van der Waals surface area contributed by atoms with E-state index in [0.29, 0.717) is 12.2 Å². The summed E-state index contributed by atoms with van der Waals surface area (Å²) in [5.41, 5.74) is 1.87. The van der Waals surface area contributed by atoms with E-state index in [-0.39, 0.29) is 18.4 Å². The minimum absolute atomic E-state index is 0.0190. The molecule has 2 aromatic carbocycles. The Morgan fingerprint density at radius 3 is 2.29 bits per heavy atom. The fraction of sp³-hybridized carbons (Fsp3) is 0.263. The van der Waals surface area contributed by atoms with E-state index >= 15 is 0 Å². The predicted octanol–water partition coefficient (Wildman–Crippen LogP) is 3.31. The molecule has 0 aliphatic carbocycles. The Balaban J connectivity index is 1.96. The largest absolute Gasteiger partial charge is 0.482 e. The molecule has 5 nitrogen and oxygen atoms in total. The average Bonchev–Trinajstić information content (AvgIpc) is 2.60. The lowest BCUT2D eigenvalue weighted by Crippen LogP contribution is -2.27. The fourth-order valence-electron chi connectivity index (χ4n) is 2.35. The Morgan fingerprint density at radius 2 is 1.71 bits per heavy atom. The molecule has 5 heteroatoms. The Kier molecular flexibility index (Phi) is 5.95. The molecule has 0 fully saturated rings. The highest BCUT2D eigenvalue weighted by Gasteiger charge is 2.16. The molecule has 0 saturated carbocycles. The number of carboxylic acids is 1. The van der Waals surface area contributed by atoms with Crippen molar-refractivity contribution in [3.63, 3.8) is 0 Å². The van der Waals surface area contributed by atoms with Crippen LogP contribution in [0.2, 0.25) is 0 Å². The molecule has 126 valence electrons. The first kappa shape index (κ1) is 17.5. The number of rotatable bonds is 7. The molecule has 0 radical (unpaired) electrons. The van der Waals surface area contributed by atoms with Gasteiger partial charge in [0.05, 0.1) is 0 Å². The third kappa shape index (κ3) is 4.84. The van der Waals surface area contributed by atoms with Crippen molar-refractivity contribution in [1.29, 1.82) is 0 Å². The third-order valence-corrected chi connectivity index (χ3v) is 3.81. The van der Waals surface area contributed by atoms with Gasteiger partial charge in [0, 0.05) is 19.2 Å². The highest BCUT2D eigenvalue weighted by molar-refractivity contribution is 5.93. The van der Waals surface area contributed by atoms with Crippen LogP contribution in [0.15, 0.2) is 54.6 Å². The topological polar surface area (TPSA) is 66.8 Å². The molecule has 1 unspecified atom stereocenters. The second kappa shape index (κ2) is 8.15. The molecule has 2 rings (SSSR count). The van der Waals surface area contributed by atoms with Gasteiger partial charge in [0.25, 0.3) is 0 Å². The maximum atomic E-state index is 12.4. The molecule has 0 aliphatic heterocycles. The Hall–Kier alpha value is -2.82. The molecule has 0 bridgehead atoms. The SMILES string of the molecule is CC(CC(=O)N(C)c1ccc(OCC(=O)O)cc1)c1ccccc1. The molecule has 0 saturated heterocycles. The monoisotopic (exact) mass is 327 g/mol. The van der Waals surface area contributed by atoms with Crippen LogP contribution in [0.5, 0.6) is 5.75 Å². The maximum Gasteiger partial charge on any atom is 0.341 e. The van der Waals surface area contributed by atoms with Gasteiger partial charge in [0.15, 0.2) is 6.61 Å². The molecular weight excluding hydrogens is 306 g/mol. The van der Waals surface area contributed by atoms with E-state index in [1.54, 1.807) is 36.2 Å². The lowest BCUT2D eigenvalue weighted by molar-refractivity contribution is -0.139. The molecular formula is C19H21NO4. The van der Waals surface area contributed by atoms with Crippen molar-refractivity contribution in [3.8, 4) is 5.75 Å². The van der Waals surface area contributed by atoms with Gasteiger partial charge in [0.2, 0.25) is 5.91 Å². The van der Waals surface area contributed by atoms with E-state index in [0.717, 1.165) is 11.3 Å². The lowest BCUT2D eigenvalue weighted by Gasteiger charge is -2.20. The van der Waals surface area contributed by atoms with E-state index in [1.807, 2.05) is 37.3 Å². The van der Waals surface area contributed by atoms with Crippen LogP contribution in [0.4, 0.5) is 5.69 Å². The zero-order chi connectivity index (χ0) is 17.5. The van der Waals surface area contributed by atoms with Crippen LogP contribution in [0.1, 0.15) is 24.8 Å². The number of nitrogens with zero attached hydrogens (tertiary/aromatic N) is 1. The minimum atomic E-state index is -1.03. The number of carboxylic acid groups (broad SMARTS) is 1. The number of hydrogen-bond acceptors (Lipinski definition) is 3. The first-order chi connectivity index (χ1) is 11.5. The van der Waals surface area contributed by atoms with E-state index < -0.39 is 5.97 Å². The second-order valence-corrected chi connectivity index (χ2v) is 5.64. The van der Waals surface area contributed by atoms with Gasteiger partial charge in [-0.15, -0.1) is 0 Å². The normalized spacial score (nSPS) is 11.6. The van der Waals surface area contributed by atoms with Crippen LogP contribution in [0.25, 0.3) is 0 Å². The first-order valence-electron chi connectivity index (χ1n) is 7.73. The van der Waals surface area contributed by atoms with Crippen molar-refractivity contribution in [2.45, 2.75) is 19.3 Å². The van der Waals surface area contributed by atoms with Gasteiger partial charge in [-0.1, -0.05) is 37.3 Å². The Labute approximate surface area is 141 Å². The zero-order valence-electron chi connectivity index (χ0n) is 13.8. The summed E-state index contributed by atoms with van der Waals surface area (Å²) in [4.78, 5) is 24.5. The zero-order valence-corrected chi connectivity index (χ0v) is 13.8. The Bertz CT molecular complexity index is 682. The second-order valence-electron chi connectivity index (χ2n) is 5.64. The van der Waals surface area contributed by atoms with Gasteiger partial charge in [-0.25, -0.2) is 4.79 Å². The molecule has 1 amide bonds. The number of benzene rings is 2. The lowest BCUT2D eigenvalue weighted by atomic mass is 9.97. The molecule has 1 atom stereocenters. The number of anilines is 1. The number of aliphatic carboxylic acids is 1. The highest BCUT2D eigenvalue weighted by Crippen LogP contribution is 2.23. The van der Waals surface area contributed by atoms with Gasteiger partial charge in [-0.05, 0) is 35.7 Å². The minimum Gasteiger partial charge on any atom is -0.482 e. The number of hydrogen-bond donors (Lipinski definition) is 1. The summed E-state index contributed by atoms with van der Waals surface area (Å²) >= 11 is 0. The molecule has 0 aliphatic rings. The molecule has 2 aromatic rings. The molecule has 0 spiro atoms. The van der Waals surface area contributed by atoms with Gasteiger partial charge in [-0.2, -0.15) is 0 Å². The van der Waals surface area contributed by atoms with Crippen LogP contribution in [0.3, 0.4) is 0 Å². The van der Waals surface area contributed by atoms with Crippen molar-refractivity contribution in [2.24, 2.45) is 0 Å². The number of carbonyl (C=O) groups is 2. The highest BCUT2D eigenvalue weighted by atomic mass is 16.5. The number of carbonyl (C=O) groups excluding carboxylic acids is 1. The smallest absolute Gasteiger partial charge is 0.341 e. The van der Waals surface area contributed by atoms with Crippen molar-refractivity contribution < 1.29 is 19.4 Å². The molecule has 0 heterocycles. The summed E-state index contributed by atoms with van der Waals surface area (Å²) in [5.74, 6) is -0.411. The number of amides is 1. The van der Waals surface area contributed by atoms with Crippen LogP contribution < -0.4 is 9.64 Å². The Morgan fingerprint density at radius 1 is 1.08 bits per heavy atom. The van der Waals surface area contributed by atoms with E-state index in [4.69, 9.17) is 9.84 Å². The summed E-state index contributed by atoms with van der Waals surface area (Å²) in [6, 6.07) is 16.7. The van der Waals surface area contributed by atoms with Gasteiger partial charge < -0.3 is 14.7 Å². The van der Waals surface area contributed by atoms with Crippen molar-refractivity contribution >= 4 is 17.6 Å². The van der Waals surface area contributed by atoms with Crippen molar-refractivity contribution in [2.75, 3.05) is 18.6 Å². The predicted molar refractivity (Wildman–Crippen MR) is 92.5 cm³/mol. The summed E-state index contributed by atoms with van der Waals surface area (Å²) in [7, 11) is 1.73. The summed E-state index contributed by atoms with van der Waals surface area (Å²) < 4.78 is 5.08. The third-order valence-electron chi connectivity index (χ3n) is 3.81. The van der Waals surface area contributed by atoms with Crippen LogP contribution >= 0.6 is 0 Å². The van der Waals surface area contributed by atoms with E-state index in [1.165, 1.54) is 0 Å². The van der Waals surface area contributed by atoms with Crippen LogP contribution in [-0.4, -0.2) is 30.6 Å². The van der Waals surface area contributed by atoms with Crippen LogP contribution in [-0.2, 0) is 9.59 Å². The van der Waals surface area contributed by atoms with Crippen molar-refractivity contribution in [1.82, 2.24) is 0 Å². The summed E-state index contributed by atoms with van der Waals surface area (Å²) in [6.07, 6.45) is 0.414. The fourth-order valence-corrected chi connectivity index (χ4v) is 2.35. The average molecular weight is 327 g/mol. The van der Waals surface area contributed by atoms with E-state index in [2.05, 4.69) is 0 Å². The van der Waals surface area contributed by atoms with Crippen LogP contribution in [0, 0.1) is 0 Å². The van der Waals surface area contributed by atoms with E-state index in [9.17, 15) is 9.59 Å². The quantitative estimate of drug-likeness (QED) is 0.847. The van der Waals surface area contributed by atoms with Gasteiger partial charge in [0.1, 0.15) is 5.75 Å². The van der Waals surface area contributed by atoms with Gasteiger partial charge >= 0.3 is 5.97 Å². The van der Waals surface area contributed by atoms with Gasteiger partial charge in [-0.3, -0.25) is 4.79 Å². The molecule has 24 heavy (non-hydrogen) atoms.